The minimum atomic E-state index is -0.0506. The molecule has 0 aromatic heterocycles. The fourth-order valence-electron chi connectivity index (χ4n) is 1.96. The maximum absolute atomic E-state index is 6.35. The molecule has 3 heteroatoms. The van der Waals surface area contributed by atoms with Gasteiger partial charge in [0.1, 0.15) is 0 Å². The fraction of sp³-hybridized carbons (Fsp3) is 0.500. The molecule has 1 heterocycles. The van der Waals surface area contributed by atoms with Gasteiger partial charge in [0.25, 0.3) is 0 Å². The van der Waals surface area contributed by atoms with Crippen LogP contribution in [0.1, 0.15) is 18.4 Å². The zero-order chi connectivity index (χ0) is 10.7. The average Bonchev–Trinajstić information content (AvgIpc) is 2.22. The van der Waals surface area contributed by atoms with Gasteiger partial charge in [-0.1, -0.05) is 12.1 Å². The molecule has 82 valence electrons. The highest BCUT2D eigenvalue weighted by Crippen LogP contribution is 2.22. The molecule has 0 amide bonds. The predicted octanol–water partition coefficient (Wildman–Crippen LogP) is 2.34. The van der Waals surface area contributed by atoms with E-state index in [4.69, 9.17) is 10.5 Å². The van der Waals surface area contributed by atoms with Crippen molar-refractivity contribution in [3.05, 3.63) is 33.4 Å². The normalized spacial score (nSPS) is 20.1. The standard InChI is InChI=1S/C12H16INO/c13-11-3-1-10(2-4-11)9-12(14)5-7-15-8-6-12/h1-4H,5-9,14H2. The fourth-order valence-corrected chi connectivity index (χ4v) is 2.32. The molecule has 1 aromatic carbocycles. The third-order valence-corrected chi connectivity index (χ3v) is 3.68. The van der Waals surface area contributed by atoms with Crippen molar-refractivity contribution in [3.63, 3.8) is 0 Å². The van der Waals surface area contributed by atoms with Gasteiger partial charge in [-0.2, -0.15) is 0 Å². The van der Waals surface area contributed by atoms with Crippen molar-refractivity contribution in [2.24, 2.45) is 5.73 Å². The van der Waals surface area contributed by atoms with Gasteiger partial charge in [0.15, 0.2) is 0 Å². The molecule has 1 saturated heterocycles. The first-order valence-corrected chi connectivity index (χ1v) is 6.37. The second-order valence-electron chi connectivity index (χ2n) is 4.28. The number of hydrogen-bond acceptors (Lipinski definition) is 2. The van der Waals surface area contributed by atoms with E-state index < -0.39 is 0 Å². The second-order valence-corrected chi connectivity index (χ2v) is 5.52. The Bertz CT molecular complexity index is 317. The summed E-state index contributed by atoms with van der Waals surface area (Å²) in [4.78, 5) is 0. The van der Waals surface area contributed by atoms with Crippen molar-refractivity contribution in [2.75, 3.05) is 13.2 Å². The van der Waals surface area contributed by atoms with E-state index >= 15 is 0 Å². The van der Waals surface area contributed by atoms with Crippen LogP contribution in [0.3, 0.4) is 0 Å². The van der Waals surface area contributed by atoms with Gasteiger partial charge < -0.3 is 10.5 Å². The maximum atomic E-state index is 6.35. The SMILES string of the molecule is NC1(Cc2ccc(I)cc2)CCOCC1. The monoisotopic (exact) mass is 317 g/mol. The van der Waals surface area contributed by atoms with Crippen LogP contribution in [-0.4, -0.2) is 18.8 Å². The zero-order valence-corrected chi connectivity index (χ0v) is 10.9. The highest BCUT2D eigenvalue weighted by Gasteiger charge is 2.27. The van der Waals surface area contributed by atoms with Gasteiger partial charge in [0.05, 0.1) is 0 Å². The van der Waals surface area contributed by atoms with E-state index in [0.717, 1.165) is 32.5 Å². The summed E-state index contributed by atoms with van der Waals surface area (Å²) < 4.78 is 6.61. The van der Waals surface area contributed by atoms with Crippen molar-refractivity contribution in [1.82, 2.24) is 0 Å². The quantitative estimate of drug-likeness (QED) is 0.850. The molecular formula is C12H16INO. The summed E-state index contributed by atoms with van der Waals surface area (Å²) in [6, 6.07) is 8.62. The second kappa shape index (κ2) is 4.80. The van der Waals surface area contributed by atoms with Crippen LogP contribution in [0.25, 0.3) is 0 Å². The van der Waals surface area contributed by atoms with Gasteiger partial charge in [-0.3, -0.25) is 0 Å². The van der Waals surface area contributed by atoms with E-state index in [-0.39, 0.29) is 5.54 Å². The highest BCUT2D eigenvalue weighted by atomic mass is 127. The van der Waals surface area contributed by atoms with Crippen LogP contribution in [0.5, 0.6) is 0 Å². The van der Waals surface area contributed by atoms with E-state index in [1.54, 1.807) is 0 Å². The molecule has 0 bridgehead atoms. The minimum absolute atomic E-state index is 0.0506. The van der Waals surface area contributed by atoms with Gasteiger partial charge in [-0.05, 0) is 59.5 Å². The highest BCUT2D eigenvalue weighted by molar-refractivity contribution is 14.1. The molecule has 1 fully saturated rings. The summed E-state index contributed by atoms with van der Waals surface area (Å²) in [7, 11) is 0. The Balaban J connectivity index is 2.03. The molecule has 2 nitrogen and oxygen atoms in total. The third kappa shape index (κ3) is 3.16. The number of benzene rings is 1. The van der Waals surface area contributed by atoms with Crippen molar-refractivity contribution >= 4 is 22.6 Å². The maximum Gasteiger partial charge on any atom is 0.0483 e. The van der Waals surface area contributed by atoms with Crippen LogP contribution in [0.2, 0.25) is 0 Å². The first kappa shape index (κ1) is 11.4. The van der Waals surface area contributed by atoms with E-state index in [1.807, 2.05) is 0 Å². The molecule has 0 saturated carbocycles. The van der Waals surface area contributed by atoms with E-state index in [9.17, 15) is 0 Å². The molecule has 0 radical (unpaired) electrons. The van der Waals surface area contributed by atoms with Gasteiger partial charge in [-0.15, -0.1) is 0 Å². The first-order valence-electron chi connectivity index (χ1n) is 5.29. The molecule has 0 spiro atoms. The van der Waals surface area contributed by atoms with Crippen molar-refractivity contribution in [2.45, 2.75) is 24.8 Å². The molecule has 0 aliphatic carbocycles. The van der Waals surface area contributed by atoms with Gasteiger partial charge in [0.2, 0.25) is 0 Å². The molecule has 15 heavy (non-hydrogen) atoms. The summed E-state index contributed by atoms with van der Waals surface area (Å²) in [5.41, 5.74) is 7.63. The number of rotatable bonds is 2. The van der Waals surface area contributed by atoms with Crippen molar-refractivity contribution < 1.29 is 4.74 Å². The molecular weight excluding hydrogens is 301 g/mol. The van der Waals surface area contributed by atoms with Crippen molar-refractivity contribution in [1.29, 1.82) is 0 Å². The molecule has 0 atom stereocenters. The number of hydrogen-bond donors (Lipinski definition) is 1. The molecule has 0 unspecified atom stereocenters. The summed E-state index contributed by atoms with van der Waals surface area (Å²) in [6.45, 7) is 1.61. The Hall–Kier alpha value is -0.130. The first-order chi connectivity index (χ1) is 7.18. The van der Waals surface area contributed by atoms with Crippen LogP contribution < -0.4 is 5.73 Å². The summed E-state index contributed by atoms with van der Waals surface area (Å²) in [6.07, 6.45) is 2.91. The minimum Gasteiger partial charge on any atom is -0.381 e. The van der Waals surface area contributed by atoms with Crippen LogP contribution in [0.4, 0.5) is 0 Å². The zero-order valence-electron chi connectivity index (χ0n) is 8.71. The number of ether oxygens (including phenoxy) is 1. The average molecular weight is 317 g/mol. The lowest BCUT2D eigenvalue weighted by Gasteiger charge is -2.33. The molecule has 1 aliphatic rings. The molecule has 2 N–H and O–H groups in total. The van der Waals surface area contributed by atoms with Crippen LogP contribution in [0, 0.1) is 3.57 Å². The van der Waals surface area contributed by atoms with Gasteiger partial charge in [0, 0.05) is 22.3 Å². The molecule has 2 rings (SSSR count). The summed E-state index contributed by atoms with van der Waals surface area (Å²) in [5, 5.41) is 0. The van der Waals surface area contributed by atoms with Gasteiger partial charge >= 0.3 is 0 Å². The van der Waals surface area contributed by atoms with Gasteiger partial charge in [-0.25, -0.2) is 0 Å². The lowest BCUT2D eigenvalue weighted by Crippen LogP contribution is -2.46. The topological polar surface area (TPSA) is 35.2 Å². The Morgan fingerprint density at radius 1 is 1.20 bits per heavy atom. The Morgan fingerprint density at radius 2 is 1.80 bits per heavy atom. The largest absolute Gasteiger partial charge is 0.381 e. The molecule has 1 aliphatic heterocycles. The lowest BCUT2D eigenvalue weighted by molar-refractivity contribution is 0.0533. The van der Waals surface area contributed by atoms with Crippen LogP contribution in [-0.2, 0) is 11.2 Å². The Labute approximate surface area is 104 Å². The number of nitrogens with two attached hydrogens (primary N) is 1. The van der Waals surface area contributed by atoms with E-state index in [2.05, 4.69) is 46.9 Å². The lowest BCUT2D eigenvalue weighted by atomic mass is 9.85. The Kier molecular flexibility index (Phi) is 3.64. The Morgan fingerprint density at radius 3 is 2.40 bits per heavy atom. The summed E-state index contributed by atoms with van der Waals surface area (Å²) in [5.74, 6) is 0. The van der Waals surface area contributed by atoms with Crippen LogP contribution in [0.15, 0.2) is 24.3 Å². The van der Waals surface area contributed by atoms with Crippen molar-refractivity contribution in [3.8, 4) is 0 Å². The predicted molar refractivity (Wildman–Crippen MR) is 69.8 cm³/mol. The molecule has 1 aromatic rings. The van der Waals surface area contributed by atoms with Crippen LogP contribution >= 0.6 is 22.6 Å². The smallest absolute Gasteiger partial charge is 0.0483 e. The third-order valence-electron chi connectivity index (χ3n) is 2.96. The van der Waals surface area contributed by atoms with E-state index in [1.165, 1.54) is 9.13 Å². The number of halogens is 1. The van der Waals surface area contributed by atoms with E-state index in [0.29, 0.717) is 0 Å². The summed E-state index contributed by atoms with van der Waals surface area (Å²) >= 11 is 2.32.